The highest BCUT2D eigenvalue weighted by Gasteiger charge is 2.38. The van der Waals surface area contributed by atoms with Crippen LogP contribution in [0.3, 0.4) is 0 Å². The van der Waals surface area contributed by atoms with Crippen molar-refractivity contribution in [2.75, 3.05) is 11.4 Å². The zero-order valence-electron chi connectivity index (χ0n) is 10.2. The molecular formula is C11H16N4O2. The van der Waals surface area contributed by atoms with Crippen LogP contribution >= 0.6 is 0 Å². The van der Waals surface area contributed by atoms with Crippen LogP contribution in [0.25, 0.3) is 0 Å². The van der Waals surface area contributed by atoms with Gasteiger partial charge < -0.3 is 10.0 Å². The molecule has 1 aromatic rings. The van der Waals surface area contributed by atoms with Gasteiger partial charge in [0.05, 0.1) is 11.4 Å². The molecule has 0 bridgehead atoms. The molecule has 6 heteroatoms. The topological polar surface area (TPSA) is 79.2 Å². The van der Waals surface area contributed by atoms with Crippen LogP contribution < -0.4 is 4.90 Å². The summed E-state index contributed by atoms with van der Waals surface area (Å²) in [7, 11) is 0. The van der Waals surface area contributed by atoms with Gasteiger partial charge in [0.25, 0.3) is 0 Å². The summed E-state index contributed by atoms with van der Waals surface area (Å²) in [5.74, 6) is -0.292. The number of aromatic nitrogens is 3. The van der Waals surface area contributed by atoms with Gasteiger partial charge in [-0.3, -0.25) is 0 Å². The molecule has 2 rings (SSSR count). The highest BCUT2D eigenvalue weighted by atomic mass is 16.4. The van der Waals surface area contributed by atoms with E-state index in [9.17, 15) is 9.90 Å². The fraction of sp³-hybridized carbons (Fsp3) is 0.636. The molecule has 1 saturated heterocycles. The maximum absolute atomic E-state index is 11.2. The van der Waals surface area contributed by atoms with E-state index in [0.29, 0.717) is 12.5 Å². The van der Waals surface area contributed by atoms with Crippen LogP contribution in [0.4, 0.5) is 5.95 Å². The lowest BCUT2D eigenvalue weighted by atomic mass is 10.0. The fourth-order valence-corrected chi connectivity index (χ4v) is 2.11. The molecule has 0 saturated carbocycles. The normalized spacial score (nSPS) is 24.1. The summed E-state index contributed by atoms with van der Waals surface area (Å²) in [4.78, 5) is 17.3. The van der Waals surface area contributed by atoms with Crippen molar-refractivity contribution in [3.63, 3.8) is 0 Å². The molecule has 0 amide bonds. The molecule has 1 fully saturated rings. The summed E-state index contributed by atoms with van der Waals surface area (Å²) in [6.07, 6.45) is 0.841. The molecule has 1 aliphatic rings. The average Bonchev–Trinajstić information content (AvgIpc) is 2.64. The van der Waals surface area contributed by atoms with Gasteiger partial charge in [0, 0.05) is 6.54 Å². The van der Waals surface area contributed by atoms with Crippen molar-refractivity contribution in [1.29, 1.82) is 0 Å². The number of carboxylic acids is 1. The minimum absolute atomic E-state index is 0.109. The van der Waals surface area contributed by atoms with Crippen LogP contribution in [0.2, 0.25) is 0 Å². The van der Waals surface area contributed by atoms with E-state index in [-0.39, 0.29) is 5.92 Å². The van der Waals surface area contributed by atoms with E-state index in [2.05, 4.69) is 15.2 Å². The van der Waals surface area contributed by atoms with E-state index in [4.69, 9.17) is 0 Å². The number of carbonyl (C=O) groups is 1. The Hall–Kier alpha value is -1.72. The number of hydrogen-bond donors (Lipinski definition) is 1. The van der Waals surface area contributed by atoms with Crippen molar-refractivity contribution in [3.05, 3.63) is 11.4 Å². The van der Waals surface area contributed by atoms with Crippen LogP contribution in [0.5, 0.6) is 0 Å². The number of hydrogen-bond acceptors (Lipinski definition) is 5. The zero-order valence-corrected chi connectivity index (χ0v) is 10.2. The SMILES string of the molecule is Cc1nnc(N2CCC(C)C2C(=O)O)nc1C. The molecule has 0 spiro atoms. The van der Waals surface area contributed by atoms with E-state index in [1.807, 2.05) is 20.8 Å². The molecule has 1 aromatic heterocycles. The van der Waals surface area contributed by atoms with Crippen molar-refractivity contribution in [2.45, 2.75) is 33.2 Å². The highest BCUT2D eigenvalue weighted by Crippen LogP contribution is 2.27. The molecule has 2 atom stereocenters. The Morgan fingerprint density at radius 3 is 2.65 bits per heavy atom. The second-order valence-electron chi connectivity index (χ2n) is 4.53. The minimum atomic E-state index is -0.822. The fourth-order valence-electron chi connectivity index (χ4n) is 2.11. The Kier molecular flexibility index (Phi) is 2.95. The molecule has 0 radical (unpaired) electrons. The van der Waals surface area contributed by atoms with E-state index in [1.165, 1.54) is 0 Å². The maximum atomic E-state index is 11.2. The first-order valence-electron chi connectivity index (χ1n) is 5.68. The van der Waals surface area contributed by atoms with Crippen LogP contribution in [-0.2, 0) is 4.79 Å². The number of anilines is 1. The van der Waals surface area contributed by atoms with Gasteiger partial charge in [-0.05, 0) is 26.2 Å². The van der Waals surface area contributed by atoms with Gasteiger partial charge in [0.2, 0.25) is 5.95 Å². The van der Waals surface area contributed by atoms with Gasteiger partial charge in [-0.15, -0.1) is 5.10 Å². The Morgan fingerprint density at radius 2 is 2.06 bits per heavy atom. The monoisotopic (exact) mass is 236 g/mol. The van der Waals surface area contributed by atoms with Crippen molar-refractivity contribution >= 4 is 11.9 Å². The molecule has 2 unspecified atom stereocenters. The lowest BCUT2D eigenvalue weighted by molar-refractivity contribution is -0.139. The van der Waals surface area contributed by atoms with Crippen molar-refractivity contribution in [1.82, 2.24) is 15.2 Å². The third-order valence-corrected chi connectivity index (χ3v) is 3.29. The van der Waals surface area contributed by atoms with Crippen LogP contribution in [0.15, 0.2) is 0 Å². The molecule has 0 aromatic carbocycles. The van der Waals surface area contributed by atoms with Gasteiger partial charge >= 0.3 is 5.97 Å². The van der Waals surface area contributed by atoms with E-state index >= 15 is 0 Å². The molecule has 1 N–H and O–H groups in total. The molecule has 2 heterocycles. The molecule has 92 valence electrons. The predicted octanol–water partition coefficient (Wildman–Crippen LogP) is 0.788. The van der Waals surface area contributed by atoms with Gasteiger partial charge in [-0.2, -0.15) is 5.10 Å². The number of carboxylic acid groups (broad SMARTS) is 1. The largest absolute Gasteiger partial charge is 0.480 e. The third kappa shape index (κ3) is 2.07. The van der Waals surface area contributed by atoms with Gasteiger partial charge in [-0.1, -0.05) is 6.92 Å². The lowest BCUT2D eigenvalue weighted by Crippen LogP contribution is -2.40. The van der Waals surface area contributed by atoms with Gasteiger partial charge in [0.15, 0.2) is 0 Å². The number of nitrogens with zero attached hydrogens (tertiary/aromatic N) is 4. The van der Waals surface area contributed by atoms with Crippen LogP contribution in [-0.4, -0.2) is 38.8 Å². The Labute approximate surface area is 99.7 Å². The Morgan fingerprint density at radius 1 is 1.35 bits per heavy atom. The summed E-state index contributed by atoms with van der Waals surface area (Å²) in [5, 5.41) is 17.2. The summed E-state index contributed by atoms with van der Waals surface area (Å²) >= 11 is 0. The minimum Gasteiger partial charge on any atom is -0.480 e. The number of aliphatic carboxylic acids is 1. The summed E-state index contributed by atoms with van der Waals surface area (Å²) in [5.41, 5.74) is 1.56. The first-order valence-corrected chi connectivity index (χ1v) is 5.68. The van der Waals surface area contributed by atoms with Crippen LogP contribution in [0.1, 0.15) is 24.7 Å². The quantitative estimate of drug-likeness (QED) is 0.817. The second kappa shape index (κ2) is 4.27. The van der Waals surface area contributed by atoms with Crippen molar-refractivity contribution in [3.8, 4) is 0 Å². The van der Waals surface area contributed by atoms with Gasteiger partial charge in [0.1, 0.15) is 6.04 Å². The van der Waals surface area contributed by atoms with Crippen molar-refractivity contribution in [2.24, 2.45) is 5.92 Å². The average molecular weight is 236 g/mol. The summed E-state index contributed by atoms with van der Waals surface area (Å²) < 4.78 is 0. The maximum Gasteiger partial charge on any atom is 0.326 e. The first kappa shape index (κ1) is 11.8. The zero-order chi connectivity index (χ0) is 12.6. The molecule has 1 aliphatic heterocycles. The van der Waals surface area contributed by atoms with E-state index in [0.717, 1.165) is 17.8 Å². The molecule has 6 nitrogen and oxygen atoms in total. The van der Waals surface area contributed by atoms with Gasteiger partial charge in [-0.25, -0.2) is 9.78 Å². The molecule has 0 aliphatic carbocycles. The molecular weight excluding hydrogens is 220 g/mol. The van der Waals surface area contributed by atoms with Crippen LogP contribution in [0, 0.1) is 19.8 Å². The Balaban J connectivity index is 2.32. The third-order valence-electron chi connectivity index (χ3n) is 3.29. The smallest absolute Gasteiger partial charge is 0.326 e. The second-order valence-corrected chi connectivity index (χ2v) is 4.53. The van der Waals surface area contributed by atoms with E-state index in [1.54, 1.807) is 4.90 Å². The number of aryl methyl sites for hydroxylation is 2. The lowest BCUT2D eigenvalue weighted by Gasteiger charge is -2.22. The van der Waals surface area contributed by atoms with Crippen molar-refractivity contribution < 1.29 is 9.90 Å². The standard InChI is InChI=1S/C11H16N4O2/c1-6-4-5-15(9(6)10(16)17)11-12-7(2)8(3)13-14-11/h6,9H,4-5H2,1-3H3,(H,16,17). The Bertz CT molecular complexity index is 449. The summed E-state index contributed by atoms with van der Waals surface area (Å²) in [6.45, 7) is 6.29. The highest BCUT2D eigenvalue weighted by molar-refractivity contribution is 5.78. The first-order chi connectivity index (χ1) is 8.00. The van der Waals surface area contributed by atoms with E-state index < -0.39 is 12.0 Å². The predicted molar refractivity (Wildman–Crippen MR) is 61.9 cm³/mol. The number of rotatable bonds is 2. The molecule has 17 heavy (non-hydrogen) atoms. The summed E-state index contributed by atoms with van der Waals surface area (Å²) in [6, 6.07) is -0.543.